The maximum atomic E-state index is 6.21. The van der Waals surface area contributed by atoms with Crippen molar-refractivity contribution in [3.05, 3.63) is 36.3 Å². The fraction of sp³-hybridized carbons (Fsp3) is 0.533. The van der Waals surface area contributed by atoms with Crippen LogP contribution in [0.2, 0.25) is 18.1 Å². The van der Waals surface area contributed by atoms with Crippen LogP contribution in [0.1, 0.15) is 26.3 Å². The van der Waals surface area contributed by atoms with Crippen LogP contribution in [0.5, 0.6) is 0 Å². The first-order chi connectivity index (χ1) is 8.79. The molecule has 0 aliphatic rings. The van der Waals surface area contributed by atoms with Gasteiger partial charge in [-0.1, -0.05) is 26.8 Å². The fourth-order valence-corrected chi connectivity index (χ4v) is 2.80. The largest absolute Gasteiger partial charge is 0.416 e. The van der Waals surface area contributed by atoms with Gasteiger partial charge < -0.3 is 8.83 Å². The van der Waals surface area contributed by atoms with Crippen LogP contribution in [-0.2, 0) is 10.8 Å². The molecule has 0 bridgehead atoms. The topological polar surface area (TPSA) is 26.5 Å². The van der Waals surface area contributed by atoms with Gasteiger partial charge in [-0.25, -0.2) is 4.98 Å². The van der Waals surface area contributed by atoms with Crippen molar-refractivity contribution in [1.29, 1.82) is 0 Å². The maximum absolute atomic E-state index is 6.21. The molecule has 0 atom stereocenters. The summed E-state index contributed by atoms with van der Waals surface area (Å²) in [5.41, 5.74) is 2.29. The molecule has 4 heteroatoms. The van der Waals surface area contributed by atoms with E-state index in [-0.39, 0.29) is 5.04 Å². The molecule has 104 valence electrons. The second-order valence-electron chi connectivity index (χ2n) is 6.59. The molecule has 0 aliphatic heterocycles. The Morgan fingerprint density at radius 3 is 2.68 bits per heavy atom. The Morgan fingerprint density at radius 1 is 1.26 bits per heavy atom. The van der Waals surface area contributed by atoms with E-state index in [4.69, 9.17) is 4.43 Å². The number of pyridine rings is 1. The normalized spacial score (nSPS) is 13.1. The minimum atomic E-state index is -1.62. The molecule has 2 aromatic rings. The summed E-state index contributed by atoms with van der Waals surface area (Å²) in [6.07, 6.45) is 6.90. The molecule has 19 heavy (non-hydrogen) atoms. The zero-order valence-electron chi connectivity index (χ0n) is 12.6. The Morgan fingerprint density at radius 2 is 2.00 bits per heavy atom. The van der Waals surface area contributed by atoms with Gasteiger partial charge in [0.25, 0.3) is 0 Å². The van der Waals surface area contributed by atoms with Crippen LogP contribution in [0, 0.1) is 0 Å². The van der Waals surface area contributed by atoms with Gasteiger partial charge in [-0.05, 0) is 36.2 Å². The van der Waals surface area contributed by atoms with Crippen LogP contribution in [0.3, 0.4) is 0 Å². The lowest BCUT2D eigenvalue weighted by Gasteiger charge is -2.36. The second-order valence-corrected chi connectivity index (χ2v) is 11.4. The molecule has 0 amide bonds. The average Bonchev–Trinajstić information content (AvgIpc) is 2.74. The molecule has 2 rings (SSSR count). The Hall–Kier alpha value is -1.13. The molecule has 0 spiro atoms. The van der Waals surface area contributed by atoms with E-state index in [1.54, 1.807) is 0 Å². The highest BCUT2D eigenvalue weighted by Gasteiger charge is 2.36. The number of imidazole rings is 1. The second kappa shape index (κ2) is 5.10. The highest BCUT2D eigenvalue weighted by molar-refractivity contribution is 6.74. The lowest BCUT2D eigenvalue weighted by Crippen LogP contribution is -2.41. The van der Waals surface area contributed by atoms with Crippen LogP contribution in [0.25, 0.3) is 5.65 Å². The van der Waals surface area contributed by atoms with Crippen molar-refractivity contribution in [3.63, 3.8) is 0 Å². The summed E-state index contributed by atoms with van der Waals surface area (Å²) in [5, 5.41) is 0.279. The van der Waals surface area contributed by atoms with Gasteiger partial charge in [0.05, 0.1) is 0 Å². The molecule has 0 saturated carbocycles. The zero-order valence-corrected chi connectivity index (χ0v) is 13.6. The van der Waals surface area contributed by atoms with E-state index < -0.39 is 8.32 Å². The highest BCUT2D eigenvalue weighted by Crippen LogP contribution is 2.36. The van der Waals surface area contributed by atoms with Gasteiger partial charge in [-0.3, -0.25) is 0 Å². The Bertz CT molecular complexity index is 555. The molecule has 0 unspecified atom stereocenters. The van der Waals surface area contributed by atoms with Gasteiger partial charge in [-0.2, -0.15) is 0 Å². The van der Waals surface area contributed by atoms with Crippen molar-refractivity contribution in [2.45, 2.75) is 45.3 Å². The molecular formula is C15H24N2OSi. The van der Waals surface area contributed by atoms with E-state index in [0.717, 1.165) is 18.7 Å². The summed E-state index contributed by atoms with van der Waals surface area (Å²) in [6.45, 7) is 12.2. The Balaban J connectivity index is 1.95. The molecule has 0 aliphatic carbocycles. The first-order valence-electron chi connectivity index (χ1n) is 6.85. The van der Waals surface area contributed by atoms with E-state index >= 15 is 0 Å². The summed E-state index contributed by atoms with van der Waals surface area (Å²) in [7, 11) is -1.62. The molecule has 0 aromatic carbocycles. The van der Waals surface area contributed by atoms with E-state index in [2.05, 4.69) is 61.6 Å². The highest BCUT2D eigenvalue weighted by atomic mass is 28.4. The summed E-state index contributed by atoms with van der Waals surface area (Å²) in [6, 6.07) is 4.19. The van der Waals surface area contributed by atoms with Crippen LogP contribution >= 0.6 is 0 Å². The molecule has 2 heterocycles. The van der Waals surface area contributed by atoms with E-state index in [9.17, 15) is 0 Å². The quantitative estimate of drug-likeness (QED) is 0.792. The van der Waals surface area contributed by atoms with Crippen molar-refractivity contribution in [2.75, 3.05) is 6.61 Å². The number of fused-ring (bicyclic) bond motifs is 1. The predicted octanol–water partition coefficient (Wildman–Crippen LogP) is 3.90. The average molecular weight is 276 g/mol. The summed E-state index contributed by atoms with van der Waals surface area (Å²) < 4.78 is 8.26. The van der Waals surface area contributed by atoms with Gasteiger partial charge >= 0.3 is 0 Å². The third-order valence-electron chi connectivity index (χ3n) is 4.11. The minimum absolute atomic E-state index is 0.279. The van der Waals surface area contributed by atoms with Gasteiger partial charge in [0.15, 0.2) is 8.32 Å². The third-order valence-corrected chi connectivity index (χ3v) is 8.65. The zero-order chi connectivity index (χ0) is 14.1. The van der Waals surface area contributed by atoms with Crippen molar-refractivity contribution in [1.82, 2.24) is 9.38 Å². The lowest BCUT2D eigenvalue weighted by atomic mass is 10.2. The predicted molar refractivity (Wildman–Crippen MR) is 82.0 cm³/mol. The van der Waals surface area contributed by atoms with E-state index in [0.29, 0.717) is 0 Å². The van der Waals surface area contributed by atoms with Crippen molar-refractivity contribution in [3.8, 4) is 0 Å². The van der Waals surface area contributed by atoms with Crippen molar-refractivity contribution < 1.29 is 4.43 Å². The van der Waals surface area contributed by atoms with Crippen LogP contribution in [0.4, 0.5) is 0 Å². The van der Waals surface area contributed by atoms with Gasteiger partial charge in [0.1, 0.15) is 5.65 Å². The standard InChI is InChI=1S/C15H24N2OSi/c1-15(2,3)19(4,5)18-11-8-13-6-7-14-16-9-10-17(14)12-13/h6-7,9-10,12H,8,11H2,1-5H3. The van der Waals surface area contributed by atoms with Crippen molar-refractivity contribution in [2.24, 2.45) is 0 Å². The minimum Gasteiger partial charge on any atom is -0.416 e. The summed E-state index contributed by atoms with van der Waals surface area (Å²) in [4.78, 5) is 4.25. The van der Waals surface area contributed by atoms with Gasteiger partial charge in [0.2, 0.25) is 0 Å². The summed E-state index contributed by atoms with van der Waals surface area (Å²) in [5.74, 6) is 0. The van der Waals surface area contributed by atoms with Gasteiger partial charge in [0, 0.05) is 25.2 Å². The van der Waals surface area contributed by atoms with E-state index in [1.165, 1.54) is 5.56 Å². The molecule has 0 N–H and O–H groups in total. The van der Waals surface area contributed by atoms with Crippen molar-refractivity contribution >= 4 is 14.0 Å². The molecule has 0 radical (unpaired) electrons. The first-order valence-corrected chi connectivity index (χ1v) is 9.76. The number of hydrogen-bond donors (Lipinski definition) is 0. The number of aromatic nitrogens is 2. The molecule has 2 aromatic heterocycles. The Kier molecular flexibility index (Phi) is 3.83. The van der Waals surface area contributed by atoms with Crippen LogP contribution in [-0.4, -0.2) is 24.3 Å². The van der Waals surface area contributed by atoms with Crippen LogP contribution < -0.4 is 0 Å². The number of nitrogens with zero attached hydrogens (tertiary/aromatic N) is 2. The first kappa shape index (κ1) is 14.3. The third kappa shape index (κ3) is 3.25. The maximum Gasteiger partial charge on any atom is 0.191 e. The SMILES string of the molecule is CC(C)(C)[Si](C)(C)OCCc1ccc2nccn2c1. The number of rotatable bonds is 4. The summed E-state index contributed by atoms with van der Waals surface area (Å²) >= 11 is 0. The molecule has 3 nitrogen and oxygen atoms in total. The number of hydrogen-bond acceptors (Lipinski definition) is 2. The van der Waals surface area contributed by atoms with Crippen LogP contribution in [0.15, 0.2) is 30.7 Å². The lowest BCUT2D eigenvalue weighted by molar-refractivity contribution is 0.292. The molecule has 0 saturated heterocycles. The van der Waals surface area contributed by atoms with Gasteiger partial charge in [-0.15, -0.1) is 0 Å². The fourth-order valence-electron chi connectivity index (χ4n) is 1.75. The monoisotopic (exact) mass is 276 g/mol. The molecule has 0 fully saturated rings. The Labute approximate surface area is 116 Å². The molecular weight excluding hydrogens is 252 g/mol. The smallest absolute Gasteiger partial charge is 0.191 e. The van der Waals surface area contributed by atoms with E-state index in [1.807, 2.05) is 12.4 Å².